The molecule has 1 aromatic carbocycles. The van der Waals surface area contributed by atoms with Gasteiger partial charge >= 0.3 is 6.03 Å². The van der Waals surface area contributed by atoms with Crippen molar-refractivity contribution < 1.29 is 22.0 Å². The summed E-state index contributed by atoms with van der Waals surface area (Å²) >= 11 is 0. The van der Waals surface area contributed by atoms with Crippen LogP contribution < -0.4 is 0 Å². The van der Waals surface area contributed by atoms with Crippen molar-refractivity contribution in [2.75, 3.05) is 13.1 Å². The van der Waals surface area contributed by atoms with Gasteiger partial charge in [-0.05, 0) is 26.0 Å². The maximum absolute atomic E-state index is 14.0. The topological polar surface area (TPSA) is 109 Å². The fraction of sp³-hybridized carbons (Fsp3) is 0.286. The zero-order valence-electron chi connectivity index (χ0n) is 13.3. The van der Waals surface area contributed by atoms with Gasteiger partial charge in [-0.2, -0.15) is 9.94 Å². The Hall–Kier alpha value is -2.87. The quantitative estimate of drug-likeness (QED) is 0.809. The Balaban J connectivity index is 2.48. The van der Waals surface area contributed by atoms with Gasteiger partial charge in [-0.25, -0.2) is 27.0 Å². The second-order valence-corrected chi connectivity index (χ2v) is 6.62. The summed E-state index contributed by atoms with van der Waals surface area (Å²) in [5.74, 6) is -2.51. The number of amides is 1. The first-order valence-electron chi connectivity index (χ1n) is 7.11. The number of nitrogens with zero attached hydrogens (tertiary/aromatic N) is 5. The number of aromatic nitrogens is 3. The van der Waals surface area contributed by atoms with Gasteiger partial charge in [-0.1, -0.05) is 0 Å². The number of hydrogen-bond donors (Lipinski definition) is 0. The van der Waals surface area contributed by atoms with Crippen LogP contribution in [0, 0.1) is 23.0 Å². The molecule has 0 atom stereocenters. The predicted molar refractivity (Wildman–Crippen MR) is 80.3 cm³/mol. The van der Waals surface area contributed by atoms with Gasteiger partial charge in [0, 0.05) is 13.1 Å². The Labute approximate surface area is 142 Å². The van der Waals surface area contributed by atoms with Crippen LogP contribution in [0.4, 0.5) is 13.6 Å². The van der Waals surface area contributed by atoms with E-state index < -0.39 is 43.1 Å². The predicted octanol–water partition coefficient (Wildman–Crippen LogP) is 1.57. The molecule has 132 valence electrons. The Morgan fingerprint density at radius 2 is 1.92 bits per heavy atom. The van der Waals surface area contributed by atoms with Crippen LogP contribution in [0.5, 0.6) is 0 Å². The van der Waals surface area contributed by atoms with Crippen LogP contribution in [-0.4, -0.2) is 47.2 Å². The van der Waals surface area contributed by atoms with Crippen molar-refractivity contribution >= 4 is 15.9 Å². The van der Waals surface area contributed by atoms with Crippen molar-refractivity contribution in [2.45, 2.75) is 23.9 Å². The fourth-order valence-corrected chi connectivity index (χ4v) is 3.17. The summed E-state index contributed by atoms with van der Waals surface area (Å²) in [4.78, 5) is 16.0. The number of sulfone groups is 1. The molecule has 1 amide bonds. The Bertz CT molecular complexity index is 961. The van der Waals surface area contributed by atoms with E-state index in [1.807, 2.05) is 0 Å². The van der Waals surface area contributed by atoms with E-state index in [2.05, 4.69) is 10.1 Å². The van der Waals surface area contributed by atoms with E-state index in [9.17, 15) is 22.0 Å². The van der Waals surface area contributed by atoms with Gasteiger partial charge in [0.1, 0.15) is 28.9 Å². The second-order valence-electron chi connectivity index (χ2n) is 4.80. The molecule has 2 rings (SSSR count). The third-order valence-electron chi connectivity index (χ3n) is 3.37. The molecule has 0 fully saturated rings. The summed E-state index contributed by atoms with van der Waals surface area (Å²) < 4.78 is 53.1. The lowest BCUT2D eigenvalue weighted by Gasteiger charge is -2.17. The van der Waals surface area contributed by atoms with Gasteiger partial charge in [0.15, 0.2) is 0 Å². The van der Waals surface area contributed by atoms with E-state index in [-0.39, 0.29) is 0 Å². The van der Waals surface area contributed by atoms with Crippen molar-refractivity contribution in [3.05, 3.63) is 35.7 Å². The highest BCUT2D eigenvalue weighted by molar-refractivity contribution is 7.91. The molecular formula is C14H13F2N5O3S. The summed E-state index contributed by atoms with van der Waals surface area (Å²) in [5.41, 5.74) is -0.633. The highest BCUT2D eigenvalue weighted by Crippen LogP contribution is 2.23. The molecule has 2 aromatic rings. The number of nitriles is 1. The maximum atomic E-state index is 14.0. The Morgan fingerprint density at radius 3 is 2.48 bits per heavy atom. The van der Waals surface area contributed by atoms with Gasteiger partial charge in [0.2, 0.25) is 9.84 Å². The van der Waals surface area contributed by atoms with Gasteiger partial charge in [-0.15, -0.1) is 5.10 Å². The first kappa shape index (κ1) is 18.5. The molecule has 0 aliphatic heterocycles. The minimum atomic E-state index is -4.61. The second kappa shape index (κ2) is 6.94. The number of rotatable bonds is 4. The number of carbonyl (C=O) groups excluding carboxylic acids is 1. The van der Waals surface area contributed by atoms with Crippen LogP contribution in [0.1, 0.15) is 19.4 Å². The van der Waals surface area contributed by atoms with E-state index in [4.69, 9.17) is 5.26 Å². The largest absolute Gasteiger partial charge is 0.346 e. The maximum Gasteiger partial charge on any atom is 0.346 e. The molecule has 1 aromatic heterocycles. The van der Waals surface area contributed by atoms with Gasteiger partial charge in [0.25, 0.3) is 5.16 Å². The zero-order chi connectivity index (χ0) is 18.8. The molecule has 0 bridgehead atoms. The Morgan fingerprint density at radius 1 is 1.28 bits per heavy atom. The third-order valence-corrected chi connectivity index (χ3v) is 4.93. The lowest BCUT2D eigenvalue weighted by molar-refractivity contribution is 0.201. The molecule has 8 nitrogen and oxygen atoms in total. The summed E-state index contributed by atoms with van der Waals surface area (Å²) in [5, 5.41) is 11.4. The highest BCUT2D eigenvalue weighted by atomic mass is 32.2. The van der Waals surface area contributed by atoms with Crippen LogP contribution in [0.3, 0.4) is 0 Å². The minimum absolute atomic E-state index is 0.368. The van der Waals surface area contributed by atoms with Crippen LogP contribution in [0.25, 0.3) is 0 Å². The van der Waals surface area contributed by atoms with E-state index in [1.54, 1.807) is 13.8 Å². The SMILES string of the molecule is CCN(CC)C(=O)n1cnc(S(=O)(=O)c2cc(F)c(C#N)cc2F)n1. The molecule has 25 heavy (non-hydrogen) atoms. The molecule has 0 saturated heterocycles. The first-order chi connectivity index (χ1) is 11.8. The van der Waals surface area contributed by atoms with E-state index in [0.717, 1.165) is 6.33 Å². The van der Waals surface area contributed by atoms with Crippen LogP contribution in [-0.2, 0) is 9.84 Å². The summed E-state index contributed by atoms with van der Waals surface area (Å²) in [7, 11) is -4.61. The van der Waals surface area contributed by atoms with Crippen molar-refractivity contribution in [3.63, 3.8) is 0 Å². The molecular weight excluding hydrogens is 356 g/mol. The van der Waals surface area contributed by atoms with E-state index in [1.165, 1.54) is 11.0 Å². The minimum Gasteiger partial charge on any atom is -0.323 e. The first-order valence-corrected chi connectivity index (χ1v) is 8.59. The lowest BCUT2D eigenvalue weighted by Crippen LogP contribution is -2.34. The summed E-state index contributed by atoms with van der Waals surface area (Å²) in [6.07, 6.45) is 0.880. The molecule has 0 aliphatic rings. The van der Waals surface area contributed by atoms with Gasteiger partial charge in [0.05, 0.1) is 5.56 Å². The van der Waals surface area contributed by atoms with Crippen molar-refractivity contribution in [1.82, 2.24) is 19.7 Å². The zero-order valence-corrected chi connectivity index (χ0v) is 14.1. The molecule has 0 radical (unpaired) electrons. The van der Waals surface area contributed by atoms with Gasteiger partial charge < -0.3 is 4.90 Å². The molecule has 0 spiro atoms. The van der Waals surface area contributed by atoms with Crippen LogP contribution >= 0.6 is 0 Å². The molecule has 0 N–H and O–H groups in total. The Kier molecular flexibility index (Phi) is 5.13. The normalized spacial score (nSPS) is 11.2. The van der Waals surface area contributed by atoms with E-state index >= 15 is 0 Å². The average molecular weight is 369 g/mol. The van der Waals surface area contributed by atoms with E-state index in [0.29, 0.717) is 29.9 Å². The molecule has 1 heterocycles. The number of hydrogen-bond acceptors (Lipinski definition) is 6. The lowest BCUT2D eigenvalue weighted by atomic mass is 10.2. The number of benzene rings is 1. The van der Waals surface area contributed by atoms with Crippen LogP contribution in [0.2, 0.25) is 0 Å². The average Bonchev–Trinajstić information content (AvgIpc) is 3.08. The molecule has 11 heteroatoms. The third kappa shape index (κ3) is 3.34. The molecule has 0 unspecified atom stereocenters. The highest BCUT2D eigenvalue weighted by Gasteiger charge is 2.29. The molecule has 0 aliphatic carbocycles. The standard InChI is InChI=1S/C14H13F2N5O3S/c1-3-20(4-2)14(22)21-8-18-13(19-21)25(23,24)12-6-10(15)9(7-17)5-11(12)16/h5-6,8H,3-4H2,1-2H3. The number of carbonyl (C=O) groups is 1. The summed E-state index contributed by atoms with van der Waals surface area (Å²) in [6, 6.07) is 1.65. The molecule has 0 saturated carbocycles. The summed E-state index contributed by atoms with van der Waals surface area (Å²) in [6.45, 7) is 4.19. The smallest absolute Gasteiger partial charge is 0.323 e. The number of halogens is 2. The van der Waals surface area contributed by atoms with Crippen molar-refractivity contribution in [3.8, 4) is 6.07 Å². The van der Waals surface area contributed by atoms with Gasteiger partial charge in [-0.3, -0.25) is 0 Å². The fourth-order valence-electron chi connectivity index (χ4n) is 2.02. The van der Waals surface area contributed by atoms with Crippen molar-refractivity contribution in [2.24, 2.45) is 0 Å². The monoisotopic (exact) mass is 369 g/mol. The van der Waals surface area contributed by atoms with Crippen molar-refractivity contribution in [1.29, 1.82) is 5.26 Å². The van der Waals surface area contributed by atoms with Crippen LogP contribution in [0.15, 0.2) is 28.5 Å².